The molecule has 3 fully saturated rings. The molecular weight excluding hydrogens is 286 g/mol. The number of likely N-dealkylation sites (tertiary alicyclic amines) is 1. The maximum absolute atomic E-state index is 12.8. The minimum atomic E-state index is -0.422. The van der Waals surface area contributed by atoms with E-state index < -0.39 is 5.41 Å². The molecule has 3 rings (SSSR count). The van der Waals surface area contributed by atoms with Crippen molar-refractivity contribution < 1.29 is 9.59 Å². The maximum Gasteiger partial charge on any atom is 0.246 e. The van der Waals surface area contributed by atoms with Gasteiger partial charge in [0.15, 0.2) is 0 Å². The van der Waals surface area contributed by atoms with Crippen LogP contribution in [0.2, 0.25) is 0 Å². The molecule has 1 unspecified atom stereocenters. The largest absolute Gasteiger partial charge is 0.340 e. The molecule has 21 heavy (non-hydrogen) atoms. The molecule has 3 atom stereocenters. The molecule has 0 aromatic carbocycles. The van der Waals surface area contributed by atoms with E-state index in [4.69, 9.17) is 0 Å². The maximum atomic E-state index is 12.8. The monoisotopic (exact) mass is 311 g/mol. The average Bonchev–Trinajstić information content (AvgIpc) is 3.10. The lowest BCUT2D eigenvalue weighted by atomic mass is 9.94. The van der Waals surface area contributed by atoms with Gasteiger partial charge in [0.25, 0.3) is 0 Å². The van der Waals surface area contributed by atoms with Gasteiger partial charge >= 0.3 is 0 Å². The number of amides is 2. The molecule has 0 radical (unpaired) electrons. The number of hydrogen-bond acceptors (Lipinski definition) is 4. The summed E-state index contributed by atoms with van der Waals surface area (Å²) in [5.41, 5.74) is -0.422. The van der Waals surface area contributed by atoms with Gasteiger partial charge in [0.05, 0.1) is 5.88 Å². The summed E-state index contributed by atoms with van der Waals surface area (Å²) >= 11 is 1.69. The Hall–Kier alpha value is -0.750. The van der Waals surface area contributed by atoms with Gasteiger partial charge in [-0.1, -0.05) is 20.8 Å². The molecule has 3 aliphatic rings. The number of rotatable bonds is 1. The predicted octanol–water partition coefficient (Wildman–Crippen LogP) is 0.612. The van der Waals surface area contributed by atoms with Crippen molar-refractivity contribution in [3.63, 3.8) is 0 Å². The standard InChI is InChI=1S/C15H25N3O2S/c1-15(2,3)14(20)18-9-21-8-12(18)13(19)17-6-10-4-16-5-11(10)7-17/h10-12,16H,4-9H2,1-3H3/t10-,11+,12?. The lowest BCUT2D eigenvalue weighted by Crippen LogP contribution is -2.51. The molecular formula is C15H25N3O2S. The second-order valence-electron chi connectivity index (χ2n) is 7.46. The Bertz CT molecular complexity index is 437. The van der Waals surface area contributed by atoms with Gasteiger partial charge in [-0.3, -0.25) is 9.59 Å². The van der Waals surface area contributed by atoms with Gasteiger partial charge in [-0.25, -0.2) is 0 Å². The molecule has 0 spiro atoms. The SMILES string of the molecule is CC(C)(C)C(=O)N1CSCC1C(=O)N1C[C@H]2CNC[C@H]2C1. The second kappa shape index (κ2) is 5.47. The van der Waals surface area contributed by atoms with E-state index in [-0.39, 0.29) is 17.9 Å². The van der Waals surface area contributed by atoms with Crippen molar-refractivity contribution >= 4 is 23.6 Å². The average molecular weight is 311 g/mol. The van der Waals surface area contributed by atoms with Crippen LogP contribution in [-0.2, 0) is 9.59 Å². The Labute approximate surface area is 130 Å². The summed E-state index contributed by atoms with van der Waals surface area (Å²) in [6, 6.07) is -0.256. The highest BCUT2D eigenvalue weighted by Gasteiger charge is 2.44. The molecule has 0 aliphatic carbocycles. The van der Waals surface area contributed by atoms with Gasteiger partial charge in [0.2, 0.25) is 11.8 Å². The molecule has 5 nitrogen and oxygen atoms in total. The normalized spacial score (nSPS) is 32.6. The first-order valence-corrected chi connectivity index (χ1v) is 8.91. The van der Waals surface area contributed by atoms with Crippen molar-refractivity contribution in [3.05, 3.63) is 0 Å². The van der Waals surface area contributed by atoms with Gasteiger partial charge in [0.1, 0.15) is 6.04 Å². The van der Waals surface area contributed by atoms with Gasteiger partial charge in [-0.15, -0.1) is 11.8 Å². The molecule has 3 saturated heterocycles. The summed E-state index contributed by atoms with van der Waals surface area (Å²) in [6.07, 6.45) is 0. The minimum Gasteiger partial charge on any atom is -0.340 e. The van der Waals surface area contributed by atoms with Crippen LogP contribution in [0.15, 0.2) is 0 Å². The number of nitrogens with zero attached hydrogens (tertiary/aromatic N) is 2. The van der Waals surface area contributed by atoms with E-state index >= 15 is 0 Å². The zero-order chi connectivity index (χ0) is 15.2. The Kier molecular flexibility index (Phi) is 3.94. The molecule has 1 N–H and O–H groups in total. The number of hydrogen-bond donors (Lipinski definition) is 1. The van der Waals surface area contributed by atoms with Crippen LogP contribution in [-0.4, -0.2) is 65.5 Å². The van der Waals surface area contributed by atoms with E-state index in [0.29, 0.717) is 17.7 Å². The number of carbonyl (C=O) groups excluding carboxylic acids is 2. The second-order valence-corrected chi connectivity index (χ2v) is 8.46. The van der Waals surface area contributed by atoms with Crippen molar-refractivity contribution in [1.29, 1.82) is 0 Å². The minimum absolute atomic E-state index is 0.0897. The van der Waals surface area contributed by atoms with Crippen molar-refractivity contribution in [2.75, 3.05) is 37.8 Å². The van der Waals surface area contributed by atoms with Crippen LogP contribution in [0, 0.1) is 17.3 Å². The highest BCUT2D eigenvalue weighted by Crippen LogP contribution is 2.31. The van der Waals surface area contributed by atoms with E-state index in [1.54, 1.807) is 16.7 Å². The van der Waals surface area contributed by atoms with Crippen LogP contribution >= 0.6 is 11.8 Å². The van der Waals surface area contributed by atoms with Crippen LogP contribution in [0.25, 0.3) is 0 Å². The first-order valence-electron chi connectivity index (χ1n) is 7.76. The Morgan fingerprint density at radius 3 is 2.33 bits per heavy atom. The summed E-state index contributed by atoms with van der Waals surface area (Å²) in [7, 11) is 0. The smallest absolute Gasteiger partial charge is 0.246 e. The third-order valence-electron chi connectivity index (χ3n) is 4.77. The third kappa shape index (κ3) is 2.80. The van der Waals surface area contributed by atoms with Crippen LogP contribution < -0.4 is 5.32 Å². The Morgan fingerprint density at radius 2 is 1.76 bits per heavy atom. The first-order chi connectivity index (χ1) is 9.88. The van der Waals surface area contributed by atoms with Crippen LogP contribution in [0.3, 0.4) is 0 Å². The number of thioether (sulfide) groups is 1. The fraction of sp³-hybridized carbons (Fsp3) is 0.867. The van der Waals surface area contributed by atoms with Crippen molar-refractivity contribution in [2.24, 2.45) is 17.3 Å². The van der Waals surface area contributed by atoms with Gasteiger partial charge in [0, 0.05) is 37.3 Å². The quantitative estimate of drug-likeness (QED) is 0.771. The number of nitrogens with one attached hydrogen (secondary N) is 1. The van der Waals surface area contributed by atoms with Gasteiger partial charge in [-0.2, -0.15) is 0 Å². The molecule has 0 aromatic heterocycles. The lowest BCUT2D eigenvalue weighted by Gasteiger charge is -2.31. The molecule has 2 amide bonds. The summed E-state index contributed by atoms with van der Waals surface area (Å²) < 4.78 is 0. The van der Waals surface area contributed by atoms with Crippen molar-refractivity contribution in [3.8, 4) is 0 Å². The summed E-state index contributed by atoms with van der Waals surface area (Å²) in [5.74, 6) is 2.85. The van der Waals surface area contributed by atoms with Crippen molar-refractivity contribution in [1.82, 2.24) is 15.1 Å². The predicted molar refractivity (Wildman–Crippen MR) is 83.8 cm³/mol. The topological polar surface area (TPSA) is 52.7 Å². The number of fused-ring (bicyclic) bond motifs is 1. The molecule has 3 aliphatic heterocycles. The molecule has 118 valence electrons. The molecule has 0 bridgehead atoms. The van der Waals surface area contributed by atoms with E-state index in [1.807, 2.05) is 25.7 Å². The van der Waals surface area contributed by atoms with E-state index in [9.17, 15) is 9.59 Å². The number of carbonyl (C=O) groups is 2. The van der Waals surface area contributed by atoms with Gasteiger partial charge < -0.3 is 15.1 Å². The highest BCUT2D eigenvalue weighted by atomic mass is 32.2. The zero-order valence-corrected chi connectivity index (χ0v) is 13.9. The molecule has 3 heterocycles. The fourth-order valence-corrected chi connectivity index (χ4v) is 4.67. The summed E-state index contributed by atoms with van der Waals surface area (Å²) in [6.45, 7) is 9.53. The van der Waals surface area contributed by atoms with E-state index in [1.165, 1.54) is 0 Å². The lowest BCUT2D eigenvalue weighted by molar-refractivity contribution is -0.147. The van der Waals surface area contributed by atoms with Crippen LogP contribution in [0.4, 0.5) is 0 Å². The van der Waals surface area contributed by atoms with Crippen LogP contribution in [0.1, 0.15) is 20.8 Å². The first kappa shape index (κ1) is 15.2. The molecule has 6 heteroatoms. The Morgan fingerprint density at radius 1 is 1.14 bits per heavy atom. The van der Waals surface area contributed by atoms with E-state index in [0.717, 1.165) is 31.9 Å². The summed E-state index contributed by atoms with van der Waals surface area (Å²) in [4.78, 5) is 29.1. The molecule has 0 saturated carbocycles. The van der Waals surface area contributed by atoms with Crippen molar-refractivity contribution in [2.45, 2.75) is 26.8 Å². The van der Waals surface area contributed by atoms with E-state index in [2.05, 4.69) is 5.32 Å². The zero-order valence-electron chi connectivity index (χ0n) is 13.1. The fourth-order valence-electron chi connectivity index (χ4n) is 3.52. The Balaban J connectivity index is 1.68. The third-order valence-corrected chi connectivity index (χ3v) is 5.78. The highest BCUT2D eigenvalue weighted by molar-refractivity contribution is 7.99. The molecule has 0 aromatic rings. The van der Waals surface area contributed by atoms with Crippen LogP contribution in [0.5, 0.6) is 0 Å². The summed E-state index contributed by atoms with van der Waals surface area (Å²) in [5, 5.41) is 3.39. The van der Waals surface area contributed by atoms with Gasteiger partial charge in [-0.05, 0) is 11.8 Å².